The van der Waals surface area contributed by atoms with Crippen LogP contribution < -0.4 is 5.73 Å². The van der Waals surface area contributed by atoms with Crippen molar-refractivity contribution >= 4 is 17.3 Å². The van der Waals surface area contributed by atoms with E-state index in [1.807, 2.05) is 0 Å². The Bertz CT molecular complexity index is 827. The molecule has 0 saturated carbocycles. The molecule has 0 spiro atoms. The molecule has 7 nitrogen and oxygen atoms in total. The van der Waals surface area contributed by atoms with Crippen molar-refractivity contribution in [3.63, 3.8) is 0 Å². The van der Waals surface area contributed by atoms with Crippen LogP contribution >= 0.6 is 0 Å². The molecule has 1 saturated heterocycles. The Morgan fingerprint density at radius 2 is 2.08 bits per heavy atom. The SMILES string of the molecule is Nc1ccc(C(=O)N2CCOC(c3ccccc3F)C2)cc1[N+](=O)[O-]. The highest BCUT2D eigenvalue weighted by Gasteiger charge is 2.28. The minimum Gasteiger partial charge on any atom is -0.393 e. The van der Waals surface area contributed by atoms with E-state index in [1.54, 1.807) is 18.2 Å². The third-order valence-corrected chi connectivity index (χ3v) is 4.08. The predicted octanol–water partition coefficient (Wildman–Crippen LogP) is 2.53. The van der Waals surface area contributed by atoms with Crippen molar-refractivity contribution in [3.8, 4) is 0 Å². The van der Waals surface area contributed by atoms with Gasteiger partial charge in [0.15, 0.2) is 0 Å². The van der Waals surface area contributed by atoms with Crippen LogP contribution in [-0.4, -0.2) is 35.4 Å². The van der Waals surface area contributed by atoms with Gasteiger partial charge in [-0.15, -0.1) is 0 Å². The normalized spacial score (nSPS) is 17.3. The molecule has 1 aliphatic heterocycles. The number of rotatable bonds is 3. The van der Waals surface area contributed by atoms with Crippen LogP contribution in [0.15, 0.2) is 42.5 Å². The van der Waals surface area contributed by atoms with Gasteiger partial charge in [0, 0.05) is 23.7 Å². The number of ether oxygens (including phenoxy) is 1. The fourth-order valence-electron chi connectivity index (χ4n) is 2.78. The van der Waals surface area contributed by atoms with Crippen LogP contribution in [-0.2, 0) is 4.74 Å². The van der Waals surface area contributed by atoms with Crippen molar-refractivity contribution in [2.45, 2.75) is 6.10 Å². The smallest absolute Gasteiger partial charge is 0.292 e. The van der Waals surface area contributed by atoms with E-state index < -0.39 is 16.8 Å². The van der Waals surface area contributed by atoms with E-state index in [9.17, 15) is 19.3 Å². The molecule has 1 atom stereocenters. The second-order valence-corrected chi connectivity index (χ2v) is 5.66. The van der Waals surface area contributed by atoms with Crippen LogP contribution in [0.25, 0.3) is 0 Å². The highest BCUT2D eigenvalue weighted by atomic mass is 19.1. The maximum atomic E-state index is 13.9. The van der Waals surface area contributed by atoms with Gasteiger partial charge in [0.05, 0.1) is 18.1 Å². The first-order valence-corrected chi connectivity index (χ1v) is 7.66. The van der Waals surface area contributed by atoms with Crippen LogP contribution in [0.1, 0.15) is 22.0 Å². The van der Waals surface area contributed by atoms with E-state index >= 15 is 0 Å². The summed E-state index contributed by atoms with van der Waals surface area (Å²) >= 11 is 0. The highest BCUT2D eigenvalue weighted by molar-refractivity contribution is 5.95. The van der Waals surface area contributed by atoms with Gasteiger partial charge in [0.1, 0.15) is 17.6 Å². The lowest BCUT2D eigenvalue weighted by atomic mass is 10.1. The van der Waals surface area contributed by atoms with Crippen LogP contribution in [0, 0.1) is 15.9 Å². The molecular formula is C17H16FN3O4. The zero-order valence-electron chi connectivity index (χ0n) is 13.2. The number of nitrogens with two attached hydrogens (primary N) is 1. The quantitative estimate of drug-likeness (QED) is 0.523. The van der Waals surface area contributed by atoms with Crippen LogP contribution in [0.5, 0.6) is 0 Å². The molecule has 1 unspecified atom stereocenters. The van der Waals surface area contributed by atoms with Crippen molar-refractivity contribution in [1.82, 2.24) is 4.90 Å². The highest BCUT2D eigenvalue weighted by Crippen LogP contribution is 2.27. The molecule has 3 rings (SSSR count). The number of nitro benzene ring substituents is 1. The van der Waals surface area contributed by atoms with Crippen molar-refractivity contribution in [3.05, 3.63) is 69.5 Å². The summed E-state index contributed by atoms with van der Waals surface area (Å²) in [5, 5.41) is 11.0. The molecule has 1 fully saturated rings. The molecular weight excluding hydrogens is 329 g/mol. The van der Waals surface area contributed by atoms with E-state index in [-0.39, 0.29) is 36.0 Å². The summed E-state index contributed by atoms with van der Waals surface area (Å²) in [5.74, 6) is -0.780. The first-order chi connectivity index (χ1) is 12.0. The molecule has 2 aromatic carbocycles. The monoisotopic (exact) mass is 345 g/mol. The van der Waals surface area contributed by atoms with Crippen LogP contribution in [0.3, 0.4) is 0 Å². The molecule has 1 aliphatic rings. The molecule has 0 aromatic heterocycles. The average molecular weight is 345 g/mol. The van der Waals surface area contributed by atoms with Gasteiger partial charge in [-0.2, -0.15) is 0 Å². The van der Waals surface area contributed by atoms with E-state index in [2.05, 4.69) is 0 Å². The Labute approximate surface area is 143 Å². The summed E-state index contributed by atoms with van der Waals surface area (Å²) in [6.45, 7) is 0.738. The number of carbonyl (C=O) groups excluding carboxylic acids is 1. The Morgan fingerprint density at radius 3 is 2.80 bits per heavy atom. The summed E-state index contributed by atoms with van der Waals surface area (Å²) in [6.07, 6.45) is -0.581. The Morgan fingerprint density at radius 1 is 1.32 bits per heavy atom. The number of nitrogen functional groups attached to an aromatic ring is 1. The topological polar surface area (TPSA) is 98.7 Å². The van der Waals surface area contributed by atoms with Gasteiger partial charge < -0.3 is 15.4 Å². The van der Waals surface area contributed by atoms with Gasteiger partial charge >= 0.3 is 0 Å². The summed E-state index contributed by atoms with van der Waals surface area (Å²) in [5.41, 5.74) is 5.77. The standard InChI is InChI=1S/C17H16FN3O4/c18-13-4-2-1-3-12(13)16-10-20(7-8-25-16)17(22)11-5-6-14(19)15(9-11)21(23)24/h1-6,9,16H,7-8,10,19H2. The molecule has 8 heteroatoms. The largest absolute Gasteiger partial charge is 0.393 e. The average Bonchev–Trinajstić information content (AvgIpc) is 2.62. The Hall–Kier alpha value is -3.00. The molecule has 2 aromatic rings. The lowest BCUT2D eigenvalue weighted by Gasteiger charge is -2.33. The molecule has 130 valence electrons. The maximum absolute atomic E-state index is 13.9. The summed E-state index contributed by atoms with van der Waals surface area (Å²) < 4.78 is 19.5. The molecule has 1 heterocycles. The van der Waals surface area contributed by atoms with E-state index in [0.717, 1.165) is 6.07 Å². The third kappa shape index (κ3) is 3.43. The van der Waals surface area contributed by atoms with Crippen molar-refractivity contribution in [2.75, 3.05) is 25.4 Å². The minimum atomic E-state index is -0.631. The number of nitrogens with zero attached hydrogens (tertiary/aromatic N) is 2. The van der Waals surface area contributed by atoms with Gasteiger partial charge in [-0.25, -0.2) is 4.39 Å². The molecule has 0 radical (unpaired) electrons. The molecule has 0 bridgehead atoms. The second kappa shape index (κ2) is 6.86. The van der Waals surface area contributed by atoms with E-state index in [0.29, 0.717) is 12.1 Å². The first kappa shape index (κ1) is 16.8. The number of halogens is 1. The van der Waals surface area contributed by atoms with Gasteiger partial charge in [-0.3, -0.25) is 14.9 Å². The Balaban J connectivity index is 1.82. The van der Waals surface area contributed by atoms with Crippen LogP contribution in [0.2, 0.25) is 0 Å². The summed E-state index contributed by atoms with van der Waals surface area (Å²) in [6, 6.07) is 10.2. The molecule has 25 heavy (non-hydrogen) atoms. The number of anilines is 1. The number of morpholine rings is 1. The molecule has 1 amide bonds. The maximum Gasteiger partial charge on any atom is 0.292 e. The lowest BCUT2D eigenvalue weighted by Crippen LogP contribution is -2.42. The fraction of sp³-hybridized carbons (Fsp3) is 0.235. The lowest BCUT2D eigenvalue weighted by molar-refractivity contribution is -0.383. The van der Waals surface area contributed by atoms with Gasteiger partial charge in [0.25, 0.3) is 11.6 Å². The number of hydrogen-bond donors (Lipinski definition) is 1. The van der Waals surface area contributed by atoms with Gasteiger partial charge in [-0.05, 0) is 18.2 Å². The Kier molecular flexibility index (Phi) is 4.62. The number of carbonyl (C=O) groups is 1. The first-order valence-electron chi connectivity index (χ1n) is 7.66. The van der Waals surface area contributed by atoms with Crippen molar-refractivity contribution < 1.29 is 18.8 Å². The van der Waals surface area contributed by atoms with Gasteiger partial charge in [-0.1, -0.05) is 18.2 Å². The summed E-state index contributed by atoms with van der Waals surface area (Å²) in [7, 11) is 0. The molecule has 0 aliphatic carbocycles. The second-order valence-electron chi connectivity index (χ2n) is 5.66. The number of amides is 1. The van der Waals surface area contributed by atoms with E-state index in [4.69, 9.17) is 10.5 Å². The minimum absolute atomic E-state index is 0.00670. The molecule has 2 N–H and O–H groups in total. The zero-order chi connectivity index (χ0) is 18.0. The predicted molar refractivity (Wildman–Crippen MR) is 88.5 cm³/mol. The third-order valence-electron chi connectivity index (χ3n) is 4.08. The van der Waals surface area contributed by atoms with Crippen molar-refractivity contribution in [2.24, 2.45) is 0 Å². The fourth-order valence-corrected chi connectivity index (χ4v) is 2.78. The van der Waals surface area contributed by atoms with E-state index in [1.165, 1.54) is 23.1 Å². The van der Waals surface area contributed by atoms with Gasteiger partial charge in [0.2, 0.25) is 0 Å². The number of benzene rings is 2. The number of hydrogen-bond acceptors (Lipinski definition) is 5. The summed E-state index contributed by atoms with van der Waals surface area (Å²) in [4.78, 5) is 24.5. The van der Waals surface area contributed by atoms with Crippen molar-refractivity contribution in [1.29, 1.82) is 0 Å². The zero-order valence-corrected chi connectivity index (χ0v) is 13.2. The van der Waals surface area contributed by atoms with Crippen LogP contribution in [0.4, 0.5) is 15.8 Å². The number of nitro groups is 1.